The molecule has 2 aliphatic rings. The minimum Gasteiger partial charge on any atom is -0.466 e. The van der Waals surface area contributed by atoms with Crippen LogP contribution in [0.15, 0.2) is 47.0 Å². The highest BCUT2D eigenvalue weighted by atomic mass is 16.3. The van der Waals surface area contributed by atoms with E-state index < -0.39 is 0 Å². The quantitative estimate of drug-likeness (QED) is 0.632. The minimum absolute atomic E-state index is 0.00373. The highest BCUT2D eigenvalue weighted by molar-refractivity contribution is 5.91. The Balaban J connectivity index is 1.20. The van der Waals surface area contributed by atoms with Gasteiger partial charge in [-0.3, -0.25) is 4.79 Å². The summed E-state index contributed by atoms with van der Waals surface area (Å²) in [6.45, 7) is 3.29. The van der Waals surface area contributed by atoms with E-state index in [1.807, 2.05) is 30.3 Å². The second-order valence-electron chi connectivity index (χ2n) is 8.45. The first-order chi connectivity index (χ1) is 14.2. The lowest BCUT2D eigenvalue weighted by molar-refractivity contribution is -0.116. The molecule has 150 valence electrons. The van der Waals surface area contributed by atoms with Gasteiger partial charge < -0.3 is 14.3 Å². The zero-order valence-electron chi connectivity index (χ0n) is 16.9. The Kier molecular flexibility index (Phi) is 4.74. The molecule has 5 nitrogen and oxygen atoms in total. The number of anilines is 1. The Morgan fingerprint density at radius 1 is 1.28 bits per heavy atom. The fourth-order valence-corrected chi connectivity index (χ4v) is 4.21. The number of amides is 1. The zero-order chi connectivity index (χ0) is 19.8. The highest BCUT2D eigenvalue weighted by Crippen LogP contribution is 2.47. The van der Waals surface area contributed by atoms with Crippen LogP contribution in [0.2, 0.25) is 0 Å². The molecule has 2 atom stereocenters. The molecule has 1 aliphatic heterocycles. The van der Waals surface area contributed by atoms with Crippen LogP contribution in [0.1, 0.15) is 55.9 Å². The molecule has 1 aliphatic carbocycles. The van der Waals surface area contributed by atoms with Gasteiger partial charge in [0.2, 0.25) is 5.91 Å². The molecule has 29 heavy (non-hydrogen) atoms. The van der Waals surface area contributed by atoms with Crippen molar-refractivity contribution in [1.29, 1.82) is 0 Å². The predicted molar refractivity (Wildman–Crippen MR) is 113 cm³/mol. The Morgan fingerprint density at radius 2 is 2.17 bits per heavy atom. The van der Waals surface area contributed by atoms with Crippen molar-refractivity contribution in [3.8, 4) is 11.3 Å². The van der Waals surface area contributed by atoms with E-state index in [2.05, 4.69) is 29.1 Å². The van der Waals surface area contributed by atoms with Crippen molar-refractivity contribution in [2.75, 3.05) is 5.32 Å². The van der Waals surface area contributed by atoms with E-state index in [1.54, 1.807) is 0 Å². The Bertz CT molecular complexity index is 1010. The Hall–Kier alpha value is -2.82. The Morgan fingerprint density at radius 3 is 3.00 bits per heavy atom. The maximum Gasteiger partial charge on any atom is 0.224 e. The maximum absolute atomic E-state index is 12.4. The summed E-state index contributed by atoms with van der Waals surface area (Å²) in [7, 11) is 0. The lowest BCUT2D eigenvalue weighted by Gasteiger charge is -2.11. The van der Waals surface area contributed by atoms with Gasteiger partial charge in [0.1, 0.15) is 17.3 Å². The summed E-state index contributed by atoms with van der Waals surface area (Å²) in [6, 6.07) is 12.0. The van der Waals surface area contributed by atoms with E-state index in [0.717, 1.165) is 47.3 Å². The smallest absolute Gasteiger partial charge is 0.224 e. The van der Waals surface area contributed by atoms with Crippen LogP contribution in [0.4, 0.5) is 5.69 Å². The number of furan rings is 1. The van der Waals surface area contributed by atoms with Crippen LogP contribution in [0.3, 0.4) is 0 Å². The summed E-state index contributed by atoms with van der Waals surface area (Å²) in [5.74, 6) is 4.44. The molecule has 5 heteroatoms. The lowest BCUT2D eigenvalue weighted by Crippen LogP contribution is -2.12. The van der Waals surface area contributed by atoms with Gasteiger partial charge in [-0.05, 0) is 49.4 Å². The van der Waals surface area contributed by atoms with Gasteiger partial charge in [-0.2, -0.15) is 0 Å². The van der Waals surface area contributed by atoms with Crippen molar-refractivity contribution in [3.05, 3.63) is 59.9 Å². The van der Waals surface area contributed by atoms with Crippen molar-refractivity contribution in [2.24, 2.45) is 5.92 Å². The van der Waals surface area contributed by atoms with Gasteiger partial charge in [-0.1, -0.05) is 19.1 Å². The maximum atomic E-state index is 12.4. The Labute approximate surface area is 171 Å². The van der Waals surface area contributed by atoms with Crippen LogP contribution in [0, 0.1) is 5.92 Å². The van der Waals surface area contributed by atoms with Gasteiger partial charge in [-0.15, -0.1) is 0 Å². The van der Waals surface area contributed by atoms with Crippen molar-refractivity contribution < 1.29 is 9.21 Å². The number of carbonyl (C=O) groups excluding carboxylic acids is 1. The van der Waals surface area contributed by atoms with Crippen molar-refractivity contribution >= 4 is 11.6 Å². The SMILES string of the molecule is CC1CC1c1ccc(CCC(=O)Nc2cccc(-c3cn4c(n3)CCCC4)c2)o1. The number of aromatic nitrogens is 2. The first kappa shape index (κ1) is 18.2. The largest absolute Gasteiger partial charge is 0.466 e. The molecule has 2 unspecified atom stereocenters. The van der Waals surface area contributed by atoms with E-state index in [0.29, 0.717) is 18.8 Å². The average molecular weight is 389 g/mol. The van der Waals surface area contributed by atoms with Gasteiger partial charge in [0.25, 0.3) is 0 Å². The highest BCUT2D eigenvalue weighted by Gasteiger charge is 2.36. The van der Waals surface area contributed by atoms with Crippen LogP contribution in [-0.4, -0.2) is 15.5 Å². The van der Waals surface area contributed by atoms with Crippen LogP contribution in [0.25, 0.3) is 11.3 Å². The summed E-state index contributed by atoms with van der Waals surface area (Å²) in [5.41, 5.74) is 2.83. The summed E-state index contributed by atoms with van der Waals surface area (Å²) in [5, 5.41) is 3.02. The number of imidazole rings is 1. The van der Waals surface area contributed by atoms with Crippen molar-refractivity contribution in [3.63, 3.8) is 0 Å². The third-order valence-electron chi connectivity index (χ3n) is 6.11. The van der Waals surface area contributed by atoms with Crippen molar-refractivity contribution in [2.45, 2.75) is 57.9 Å². The molecule has 0 bridgehead atoms. The number of fused-ring (bicyclic) bond motifs is 1. The molecule has 5 rings (SSSR count). The first-order valence-corrected chi connectivity index (χ1v) is 10.7. The summed E-state index contributed by atoms with van der Waals surface area (Å²) in [6.07, 6.45) is 7.86. The topological polar surface area (TPSA) is 60.1 Å². The second kappa shape index (κ2) is 7.54. The van der Waals surface area contributed by atoms with E-state index >= 15 is 0 Å². The standard InChI is InChI=1S/C24H27N3O2/c1-16-13-20(16)22-10-8-19(29-22)9-11-24(28)25-18-6-4-5-17(14-18)21-15-27-12-3-2-7-23(27)26-21/h4-6,8,10,14-16,20H,2-3,7,9,11-13H2,1H3,(H,25,28). The first-order valence-electron chi connectivity index (χ1n) is 10.7. The van der Waals surface area contributed by atoms with Gasteiger partial charge in [-0.25, -0.2) is 4.98 Å². The molecule has 0 saturated heterocycles. The van der Waals surface area contributed by atoms with Crippen molar-refractivity contribution in [1.82, 2.24) is 9.55 Å². The average Bonchev–Trinajstić information content (AvgIpc) is 3.13. The van der Waals surface area contributed by atoms with E-state index in [1.165, 1.54) is 25.1 Å². The molecule has 0 radical (unpaired) electrons. The number of hydrogen-bond donors (Lipinski definition) is 1. The molecule has 1 saturated carbocycles. The third kappa shape index (κ3) is 4.00. The van der Waals surface area contributed by atoms with Crippen LogP contribution in [-0.2, 0) is 24.2 Å². The third-order valence-corrected chi connectivity index (χ3v) is 6.11. The van der Waals surface area contributed by atoms with Crippen LogP contribution in [0.5, 0.6) is 0 Å². The molecule has 1 N–H and O–H groups in total. The predicted octanol–water partition coefficient (Wildman–Crippen LogP) is 5.17. The van der Waals surface area contributed by atoms with Gasteiger partial charge >= 0.3 is 0 Å². The molecule has 1 aromatic carbocycles. The summed E-state index contributed by atoms with van der Waals surface area (Å²) in [4.78, 5) is 17.2. The number of carbonyl (C=O) groups is 1. The number of benzene rings is 1. The fraction of sp³-hybridized carbons (Fsp3) is 0.417. The normalized spacial score (nSPS) is 20.3. The van der Waals surface area contributed by atoms with E-state index in [-0.39, 0.29) is 5.91 Å². The molecule has 1 fully saturated rings. The molecular formula is C24H27N3O2. The number of aryl methyl sites for hydroxylation is 3. The molecular weight excluding hydrogens is 362 g/mol. The van der Waals surface area contributed by atoms with Gasteiger partial charge in [0, 0.05) is 49.2 Å². The zero-order valence-corrected chi connectivity index (χ0v) is 16.9. The molecule has 0 spiro atoms. The second-order valence-corrected chi connectivity index (χ2v) is 8.45. The fourth-order valence-electron chi connectivity index (χ4n) is 4.21. The number of nitrogens with zero attached hydrogens (tertiary/aromatic N) is 2. The van der Waals surface area contributed by atoms with Crippen LogP contribution >= 0.6 is 0 Å². The summed E-state index contributed by atoms with van der Waals surface area (Å²) >= 11 is 0. The van der Waals surface area contributed by atoms with Gasteiger partial charge in [0.05, 0.1) is 5.69 Å². The number of rotatable bonds is 6. The molecule has 2 aromatic heterocycles. The van der Waals surface area contributed by atoms with E-state index in [9.17, 15) is 4.79 Å². The van der Waals surface area contributed by atoms with Crippen LogP contribution < -0.4 is 5.32 Å². The summed E-state index contributed by atoms with van der Waals surface area (Å²) < 4.78 is 8.16. The minimum atomic E-state index is 0.00373. The molecule has 3 heterocycles. The monoisotopic (exact) mass is 389 g/mol. The number of nitrogens with one attached hydrogen (secondary N) is 1. The molecule has 3 aromatic rings. The van der Waals surface area contributed by atoms with Gasteiger partial charge in [0.15, 0.2) is 0 Å². The molecule has 1 amide bonds. The number of hydrogen-bond acceptors (Lipinski definition) is 3. The van der Waals surface area contributed by atoms with E-state index in [4.69, 9.17) is 9.40 Å². The lowest BCUT2D eigenvalue weighted by atomic mass is 10.1.